The molecule has 3 aliphatic carbocycles. The molecular weight excluding hydrogens is 1320 g/mol. The van der Waals surface area contributed by atoms with Gasteiger partial charge in [0.2, 0.25) is 0 Å². The normalized spacial score (nSPS) is 14.4. The van der Waals surface area contributed by atoms with Gasteiger partial charge in [0.1, 0.15) is 5.75 Å². The Labute approximate surface area is 657 Å². The van der Waals surface area contributed by atoms with E-state index in [9.17, 15) is 0 Å². The van der Waals surface area contributed by atoms with Gasteiger partial charge in [0.25, 0.3) is 0 Å². The largest absolute Gasteiger partial charge is 0.494 e. The summed E-state index contributed by atoms with van der Waals surface area (Å²) in [6.45, 7) is 12.5. The molecule has 0 saturated carbocycles. The molecule has 14 rings (SSSR count). The highest BCUT2D eigenvalue weighted by Gasteiger charge is 2.46. The molecule has 3 heterocycles. The molecule has 0 N–H and O–H groups in total. The molecule has 8 aromatic carbocycles. The van der Waals surface area contributed by atoms with Crippen LogP contribution >= 0.6 is 0 Å². The lowest BCUT2D eigenvalue weighted by atomic mass is 9.69. The monoisotopic (exact) mass is 1450 g/mol. The van der Waals surface area contributed by atoms with Crippen LogP contribution in [0.2, 0.25) is 0 Å². The van der Waals surface area contributed by atoms with Crippen LogP contribution in [0.3, 0.4) is 0 Å². The molecule has 0 fully saturated rings. The molecule has 4 aliphatic rings. The molecule has 10 aromatic rings. The van der Waals surface area contributed by atoms with E-state index < -0.39 is 0 Å². The van der Waals surface area contributed by atoms with Crippen LogP contribution in [-0.4, -0.2) is 22.3 Å². The van der Waals surface area contributed by atoms with Gasteiger partial charge < -0.3 is 4.74 Å². The Morgan fingerprint density at radius 3 is 0.982 bits per heavy atom. The van der Waals surface area contributed by atoms with Gasteiger partial charge in [-0.05, 0) is 212 Å². The van der Waals surface area contributed by atoms with Crippen molar-refractivity contribution in [1.82, 2.24) is 9.97 Å². The van der Waals surface area contributed by atoms with Crippen LogP contribution < -0.4 is 4.74 Å². The number of pyridine rings is 2. The molecule has 0 bridgehead atoms. The Morgan fingerprint density at radius 2 is 0.596 bits per heavy atom. The van der Waals surface area contributed by atoms with Crippen molar-refractivity contribution in [2.24, 2.45) is 4.99 Å². The summed E-state index contributed by atoms with van der Waals surface area (Å²) in [6, 6.07) is 67.7. The first-order valence-electron chi connectivity index (χ1n) is 44.6. The van der Waals surface area contributed by atoms with Crippen molar-refractivity contribution >= 4 is 33.2 Å². The number of rotatable bonds is 46. The summed E-state index contributed by atoms with van der Waals surface area (Å²) < 4.78 is 6.61. The fourth-order valence-corrected chi connectivity index (χ4v) is 20.7. The zero-order valence-electron chi connectivity index (χ0n) is 67.8. The maximum atomic E-state index is 6.61. The van der Waals surface area contributed by atoms with Crippen molar-refractivity contribution in [3.05, 3.63) is 227 Å². The Morgan fingerprint density at radius 1 is 0.284 bits per heavy atom. The second-order valence-electron chi connectivity index (χ2n) is 33.9. The maximum Gasteiger partial charge on any atom is 0.119 e. The van der Waals surface area contributed by atoms with Crippen LogP contribution in [0.1, 0.15) is 336 Å². The topological polar surface area (TPSA) is 47.4 Å². The van der Waals surface area contributed by atoms with Gasteiger partial charge in [-0.2, -0.15) is 0 Å². The zero-order valence-corrected chi connectivity index (χ0v) is 67.8. The van der Waals surface area contributed by atoms with Gasteiger partial charge in [0.05, 0.1) is 29.0 Å². The fourth-order valence-electron chi connectivity index (χ4n) is 20.7. The summed E-state index contributed by atoms with van der Waals surface area (Å²) in [5, 5.41) is 2.21. The first kappa shape index (κ1) is 77.8. The first-order chi connectivity index (χ1) is 53.9. The highest BCUT2D eigenvalue weighted by Crippen LogP contribution is 2.60. The molecular formula is C105H129N3O. The Hall–Kier alpha value is -7.95. The van der Waals surface area contributed by atoms with Gasteiger partial charge in [-0.3, -0.25) is 15.0 Å². The maximum absolute atomic E-state index is 6.61. The summed E-state index contributed by atoms with van der Waals surface area (Å²) in [4.78, 5) is 14.8. The number of aliphatic imine (C=N–C) groups is 1. The predicted octanol–water partition coefficient (Wildman–Crippen LogP) is 31.4. The van der Waals surface area contributed by atoms with E-state index in [1.54, 1.807) is 33.4 Å². The fraction of sp³-hybridized carbons (Fsp3) is 0.476. The Bertz CT molecular complexity index is 4450. The lowest BCUT2D eigenvalue weighted by molar-refractivity contribution is 0.302. The van der Waals surface area contributed by atoms with Crippen molar-refractivity contribution in [2.45, 2.75) is 314 Å². The van der Waals surface area contributed by atoms with E-state index >= 15 is 0 Å². The summed E-state index contributed by atoms with van der Waals surface area (Å²) in [6.07, 6.45) is 55.9. The van der Waals surface area contributed by atoms with E-state index in [-0.39, 0.29) is 16.2 Å². The SMILES string of the molecule is CCCCCCCCC1(CCCCCCCC)c2ccccc2-c2ccc(-c3ccc4c(c3)C(CCCCCCCC)(CCCCCCOc3ccc(C5=Nc6c(c7cccnc7c7ncccc67)C5)cc3)c3cc(-c5ccc6c(c5)C(CCCCCCCC)(CCCCCCCC)c5ccccc5-6)ccc3-4)cc21. The van der Waals surface area contributed by atoms with Crippen molar-refractivity contribution in [2.75, 3.05) is 6.61 Å². The van der Waals surface area contributed by atoms with Crippen LogP contribution in [0.15, 0.2) is 187 Å². The van der Waals surface area contributed by atoms with E-state index in [0.29, 0.717) is 6.61 Å². The average Bonchev–Trinajstić information content (AvgIpc) is 1.57. The van der Waals surface area contributed by atoms with Crippen LogP contribution in [0.4, 0.5) is 5.69 Å². The number of hydrogen-bond acceptors (Lipinski definition) is 4. The molecule has 0 saturated heterocycles. The van der Waals surface area contributed by atoms with Crippen molar-refractivity contribution in [3.63, 3.8) is 0 Å². The predicted molar refractivity (Wildman–Crippen MR) is 468 cm³/mol. The molecule has 109 heavy (non-hydrogen) atoms. The molecule has 0 atom stereocenters. The molecule has 0 radical (unpaired) electrons. The molecule has 1 aliphatic heterocycles. The highest BCUT2D eigenvalue weighted by molar-refractivity contribution is 6.18. The number of aromatic nitrogens is 2. The third-order valence-corrected chi connectivity index (χ3v) is 26.6. The molecule has 4 heteroatoms. The standard InChI is InChI=1S/C105H129N3O/c1-6-11-16-21-26-37-64-103(65-38-27-22-17-12-7-2)93-50-35-33-46-84(93)86-60-54-79(73-95(86)103)81-56-62-88-89-63-57-82(80-55-61-87-85-47-34-36-51-94(85)104(96(87)74-80,66-39-28-23-18-13-8-3)67-40-29-24-19-14-9-4)76-98(89)105(97(88)75-81,68-41-30-25-20-15-10-5)69-42-31-32-43-72-109-83-58-52-78(53-59-83)99-77-92-90-48-44-70-106-101(90)102-91(100(92)108-99)49-45-71-107-102/h33-36,44-63,70-71,73-76H,6-32,37-43,64-69,72,77H2,1-5H3. The first-order valence-corrected chi connectivity index (χ1v) is 44.6. The second kappa shape index (κ2) is 37.8. The molecule has 570 valence electrons. The second-order valence-corrected chi connectivity index (χ2v) is 33.9. The summed E-state index contributed by atoms with van der Waals surface area (Å²) >= 11 is 0. The van der Waals surface area contributed by atoms with Crippen LogP contribution in [0.25, 0.3) is 77.4 Å². The minimum atomic E-state index is -0.128. The van der Waals surface area contributed by atoms with Gasteiger partial charge >= 0.3 is 0 Å². The average molecular weight is 1450 g/mol. The number of fused-ring (bicyclic) bond motifs is 15. The third kappa shape index (κ3) is 17.0. The zero-order chi connectivity index (χ0) is 74.7. The summed E-state index contributed by atoms with van der Waals surface area (Å²) in [5.41, 5.74) is 30.3. The summed E-state index contributed by atoms with van der Waals surface area (Å²) in [5.74, 6) is 0.927. The van der Waals surface area contributed by atoms with E-state index in [0.717, 1.165) is 70.2 Å². The van der Waals surface area contributed by atoms with E-state index in [1.807, 2.05) is 24.5 Å². The third-order valence-electron chi connectivity index (χ3n) is 26.6. The lowest BCUT2D eigenvalue weighted by Gasteiger charge is -2.34. The van der Waals surface area contributed by atoms with Crippen molar-refractivity contribution in [1.29, 1.82) is 0 Å². The molecule has 4 nitrogen and oxygen atoms in total. The lowest BCUT2D eigenvalue weighted by Crippen LogP contribution is -2.26. The van der Waals surface area contributed by atoms with Gasteiger partial charge in [-0.1, -0.05) is 350 Å². The number of hydrogen-bond donors (Lipinski definition) is 0. The summed E-state index contributed by atoms with van der Waals surface area (Å²) in [7, 11) is 0. The van der Waals surface area contributed by atoms with E-state index in [2.05, 4.69) is 192 Å². The Balaban J connectivity index is 0.785. The van der Waals surface area contributed by atoms with Crippen LogP contribution in [-0.2, 0) is 22.7 Å². The van der Waals surface area contributed by atoms with E-state index in [1.165, 1.54) is 299 Å². The van der Waals surface area contributed by atoms with Crippen LogP contribution in [0.5, 0.6) is 5.75 Å². The molecule has 0 spiro atoms. The number of nitrogens with zero attached hydrogens (tertiary/aromatic N) is 3. The number of benzene rings is 8. The van der Waals surface area contributed by atoms with Gasteiger partial charge in [-0.15, -0.1) is 0 Å². The smallest absolute Gasteiger partial charge is 0.119 e. The quantitative estimate of drug-likeness (QED) is 0.0282. The minimum absolute atomic E-state index is 0.0303. The van der Waals surface area contributed by atoms with Gasteiger partial charge in [0, 0.05) is 45.8 Å². The molecule has 0 amide bonds. The molecule has 2 aromatic heterocycles. The van der Waals surface area contributed by atoms with Gasteiger partial charge in [-0.25, -0.2) is 0 Å². The van der Waals surface area contributed by atoms with Crippen LogP contribution in [0, 0.1) is 0 Å². The van der Waals surface area contributed by atoms with Crippen molar-refractivity contribution in [3.8, 4) is 61.4 Å². The van der Waals surface area contributed by atoms with E-state index in [4.69, 9.17) is 19.7 Å². The number of ether oxygens (including phenoxy) is 1. The molecule has 0 unspecified atom stereocenters. The highest BCUT2D eigenvalue weighted by atomic mass is 16.5. The Kier molecular flexibility index (Phi) is 27.0. The van der Waals surface area contributed by atoms with Gasteiger partial charge in [0.15, 0.2) is 0 Å². The minimum Gasteiger partial charge on any atom is -0.494 e. The van der Waals surface area contributed by atoms with Crippen molar-refractivity contribution < 1.29 is 4.74 Å². The number of unbranched alkanes of at least 4 members (excludes halogenated alkanes) is 28.